The van der Waals surface area contributed by atoms with Crippen molar-refractivity contribution in [3.05, 3.63) is 50.8 Å². The summed E-state index contributed by atoms with van der Waals surface area (Å²) in [6, 6.07) is 5.18. The zero-order valence-corrected chi connectivity index (χ0v) is 17.0. The van der Waals surface area contributed by atoms with Crippen LogP contribution >= 0.6 is 11.8 Å². The predicted molar refractivity (Wildman–Crippen MR) is 111 cm³/mol. The molecule has 0 amide bonds. The van der Waals surface area contributed by atoms with Crippen LogP contribution in [0.5, 0.6) is 5.75 Å². The summed E-state index contributed by atoms with van der Waals surface area (Å²) in [5, 5.41) is 22.2. The molecule has 0 saturated heterocycles. The van der Waals surface area contributed by atoms with Gasteiger partial charge in [0.25, 0.3) is 5.56 Å². The molecule has 0 fully saturated rings. The maximum atomic E-state index is 13.3. The van der Waals surface area contributed by atoms with E-state index < -0.39 is 11.6 Å². The summed E-state index contributed by atoms with van der Waals surface area (Å²) < 4.78 is 6.78. The Labute approximate surface area is 175 Å². The van der Waals surface area contributed by atoms with Gasteiger partial charge in [-0.3, -0.25) is 4.79 Å². The molecule has 152 valence electrons. The molecule has 5 heterocycles. The highest BCUT2D eigenvalue weighted by Gasteiger charge is 2.45. The fraction of sp³-hybridized carbons (Fsp3) is 0.318. The van der Waals surface area contributed by atoms with Gasteiger partial charge in [0.1, 0.15) is 12.4 Å². The van der Waals surface area contributed by atoms with E-state index in [4.69, 9.17) is 9.72 Å². The van der Waals surface area contributed by atoms with Crippen molar-refractivity contribution in [1.29, 1.82) is 0 Å². The van der Waals surface area contributed by atoms with Crippen LogP contribution in [0.1, 0.15) is 35.6 Å². The van der Waals surface area contributed by atoms with E-state index in [2.05, 4.69) is 0 Å². The zero-order valence-electron chi connectivity index (χ0n) is 16.2. The number of pyridine rings is 2. The Morgan fingerprint density at radius 1 is 1.27 bits per heavy atom. The monoisotopic (exact) mass is 422 g/mol. The van der Waals surface area contributed by atoms with Crippen molar-refractivity contribution >= 4 is 28.6 Å². The Bertz CT molecular complexity index is 1360. The van der Waals surface area contributed by atoms with Gasteiger partial charge in [-0.05, 0) is 36.6 Å². The van der Waals surface area contributed by atoms with Crippen molar-refractivity contribution in [3.63, 3.8) is 0 Å². The van der Waals surface area contributed by atoms with Crippen LogP contribution in [0.25, 0.3) is 22.3 Å². The first kappa shape index (κ1) is 18.0. The minimum atomic E-state index is -1.83. The Morgan fingerprint density at radius 3 is 2.90 bits per heavy atom. The highest BCUT2D eigenvalue weighted by atomic mass is 32.2. The number of rotatable bonds is 1. The van der Waals surface area contributed by atoms with Crippen molar-refractivity contribution < 1.29 is 19.7 Å². The Hall–Kier alpha value is -2.84. The summed E-state index contributed by atoms with van der Waals surface area (Å²) in [7, 11) is 0. The highest BCUT2D eigenvalue weighted by molar-refractivity contribution is 7.99. The van der Waals surface area contributed by atoms with E-state index in [1.54, 1.807) is 41.5 Å². The van der Waals surface area contributed by atoms with Crippen molar-refractivity contribution in [2.75, 3.05) is 5.75 Å². The standard InChI is InChI=1S/C22H18N2O5S/c1-2-22(28)13-7-15-18-11(8-24(15)20(26)12(13)9-29-21(22)27)10-5-6-30-19-16(25)4-3-14(23-18)17(10)19/h3-4,7,25,28H,2,5-6,8-9H2,1H3. The smallest absolute Gasteiger partial charge is 0.343 e. The lowest BCUT2D eigenvalue weighted by molar-refractivity contribution is -0.172. The molecule has 0 aliphatic carbocycles. The van der Waals surface area contributed by atoms with E-state index in [1.165, 1.54) is 0 Å². The molecular weight excluding hydrogens is 404 g/mol. The largest absolute Gasteiger partial charge is 0.507 e. The topological polar surface area (TPSA) is 102 Å². The molecule has 3 aliphatic heterocycles. The maximum Gasteiger partial charge on any atom is 0.343 e. The van der Waals surface area contributed by atoms with Gasteiger partial charge in [0.2, 0.25) is 0 Å². The van der Waals surface area contributed by atoms with Gasteiger partial charge in [0.05, 0.1) is 33.9 Å². The number of benzene rings is 1. The van der Waals surface area contributed by atoms with Gasteiger partial charge in [-0.15, -0.1) is 11.8 Å². The summed E-state index contributed by atoms with van der Waals surface area (Å²) in [6.45, 7) is 1.94. The van der Waals surface area contributed by atoms with Crippen LogP contribution in [0.3, 0.4) is 0 Å². The van der Waals surface area contributed by atoms with Gasteiger partial charge >= 0.3 is 5.97 Å². The van der Waals surface area contributed by atoms with Crippen molar-refractivity contribution in [2.45, 2.75) is 43.4 Å². The lowest BCUT2D eigenvalue weighted by Crippen LogP contribution is -2.44. The minimum Gasteiger partial charge on any atom is -0.507 e. The molecule has 1 atom stereocenters. The molecule has 0 saturated carbocycles. The van der Waals surface area contributed by atoms with E-state index >= 15 is 0 Å². The molecule has 0 radical (unpaired) electrons. The van der Waals surface area contributed by atoms with E-state index in [1.807, 2.05) is 0 Å². The number of hydrogen-bond donors (Lipinski definition) is 2. The molecule has 8 heteroatoms. The summed E-state index contributed by atoms with van der Waals surface area (Å²) in [4.78, 5) is 31.3. The quantitative estimate of drug-likeness (QED) is 0.454. The number of aliphatic hydroxyl groups is 1. The van der Waals surface area contributed by atoms with Gasteiger partial charge in [-0.2, -0.15) is 0 Å². The number of carbonyl (C=O) groups excluding carboxylic acids is 1. The second-order valence-corrected chi connectivity index (χ2v) is 9.03. The Balaban J connectivity index is 1.68. The second kappa shape index (κ2) is 5.86. The first-order valence-electron chi connectivity index (χ1n) is 9.91. The summed E-state index contributed by atoms with van der Waals surface area (Å²) in [5.41, 5.74) is 2.73. The number of aromatic nitrogens is 2. The van der Waals surface area contributed by atoms with Gasteiger partial charge in [-0.1, -0.05) is 6.92 Å². The average Bonchev–Trinajstić information content (AvgIpc) is 3.13. The number of esters is 1. The van der Waals surface area contributed by atoms with Gasteiger partial charge < -0.3 is 19.5 Å². The average molecular weight is 422 g/mol. The molecule has 0 bridgehead atoms. The van der Waals surface area contributed by atoms with Crippen molar-refractivity contribution in [3.8, 4) is 17.1 Å². The van der Waals surface area contributed by atoms with Crippen LogP contribution in [-0.2, 0) is 34.7 Å². The first-order valence-corrected chi connectivity index (χ1v) is 10.9. The number of phenols is 1. The molecule has 3 aromatic rings. The summed E-state index contributed by atoms with van der Waals surface area (Å²) in [6.07, 6.45) is 0.941. The van der Waals surface area contributed by atoms with Crippen molar-refractivity contribution in [2.24, 2.45) is 0 Å². The number of phenolic OH excluding ortho intramolecular Hbond substituents is 1. The van der Waals surface area contributed by atoms with Gasteiger partial charge in [0, 0.05) is 22.3 Å². The number of carbonyl (C=O) groups is 1. The molecule has 30 heavy (non-hydrogen) atoms. The predicted octanol–water partition coefficient (Wildman–Crippen LogP) is 2.43. The van der Waals surface area contributed by atoms with E-state index in [0.29, 0.717) is 29.1 Å². The lowest BCUT2D eigenvalue weighted by Gasteiger charge is -2.31. The summed E-state index contributed by atoms with van der Waals surface area (Å²) >= 11 is 1.62. The highest BCUT2D eigenvalue weighted by Crippen LogP contribution is 2.46. The fourth-order valence-corrected chi connectivity index (χ4v) is 6.00. The molecule has 0 spiro atoms. The number of thioether (sulfide) groups is 1. The number of cyclic esters (lactones) is 1. The molecule has 1 aromatic carbocycles. The Kier molecular flexibility index (Phi) is 3.51. The molecule has 2 aromatic heterocycles. The number of ether oxygens (including phenoxy) is 1. The van der Waals surface area contributed by atoms with Crippen LogP contribution in [0.2, 0.25) is 0 Å². The number of hydrogen-bond acceptors (Lipinski definition) is 7. The fourth-order valence-electron chi connectivity index (χ4n) is 4.90. The van der Waals surface area contributed by atoms with Crippen LogP contribution < -0.4 is 5.56 Å². The normalized spacial score (nSPS) is 21.2. The third kappa shape index (κ3) is 2.07. The number of nitrogens with zero attached hydrogens (tertiary/aromatic N) is 2. The SMILES string of the molecule is CCC1(O)C(=O)OCc2c1cc1n(c2=O)Cc2c-1nc1ccc(O)c3c1c2CCS3. The number of fused-ring (bicyclic) bond motifs is 5. The van der Waals surface area contributed by atoms with Crippen molar-refractivity contribution in [1.82, 2.24) is 9.55 Å². The van der Waals surface area contributed by atoms with Crippen LogP contribution in [0.15, 0.2) is 27.9 Å². The third-order valence-corrected chi connectivity index (χ3v) is 7.61. The van der Waals surface area contributed by atoms with Crippen LogP contribution in [-0.4, -0.2) is 31.5 Å². The number of aryl methyl sites for hydroxylation is 1. The van der Waals surface area contributed by atoms with Gasteiger partial charge in [-0.25, -0.2) is 9.78 Å². The van der Waals surface area contributed by atoms with Gasteiger partial charge in [0.15, 0.2) is 5.60 Å². The first-order chi connectivity index (χ1) is 14.4. The molecular formula is C22H18N2O5S. The van der Waals surface area contributed by atoms with E-state index in [0.717, 1.165) is 39.1 Å². The van der Waals surface area contributed by atoms with Crippen LogP contribution in [0, 0.1) is 0 Å². The molecule has 6 rings (SSSR count). The molecule has 7 nitrogen and oxygen atoms in total. The van der Waals surface area contributed by atoms with E-state index in [-0.39, 0.29) is 24.3 Å². The van der Waals surface area contributed by atoms with E-state index in [9.17, 15) is 19.8 Å². The summed E-state index contributed by atoms with van der Waals surface area (Å²) in [5.74, 6) is 0.372. The molecule has 3 aliphatic rings. The third-order valence-electron chi connectivity index (χ3n) is 6.50. The lowest BCUT2D eigenvalue weighted by atomic mass is 9.86. The second-order valence-electron chi connectivity index (χ2n) is 7.93. The zero-order chi connectivity index (χ0) is 20.8. The minimum absolute atomic E-state index is 0.116. The number of aromatic hydroxyl groups is 1. The Morgan fingerprint density at radius 2 is 2.10 bits per heavy atom. The molecule has 2 N–H and O–H groups in total. The van der Waals surface area contributed by atoms with Crippen LogP contribution in [0.4, 0.5) is 0 Å². The molecule has 1 unspecified atom stereocenters. The maximum absolute atomic E-state index is 13.3.